The molecule has 0 atom stereocenters. The highest BCUT2D eigenvalue weighted by molar-refractivity contribution is 6.30. The maximum atomic E-state index is 12.4. The van der Waals surface area contributed by atoms with E-state index in [-0.39, 0.29) is 12.5 Å². The molecule has 1 aromatic carbocycles. The number of amides is 1. The predicted molar refractivity (Wildman–Crippen MR) is 73.4 cm³/mol. The normalized spacial score (nSPS) is 17.1. The van der Waals surface area contributed by atoms with Crippen LogP contribution in [0.1, 0.15) is 31.2 Å². The molecule has 94 valence electrons. The van der Waals surface area contributed by atoms with Gasteiger partial charge in [0.15, 0.2) is 0 Å². The van der Waals surface area contributed by atoms with Crippen LogP contribution in [0.3, 0.4) is 0 Å². The number of benzene rings is 1. The summed E-state index contributed by atoms with van der Waals surface area (Å²) in [6.07, 6.45) is 9.11. The van der Waals surface area contributed by atoms with Gasteiger partial charge in [0.25, 0.3) is 0 Å². The second-order valence-electron chi connectivity index (χ2n) is 4.68. The van der Waals surface area contributed by atoms with Gasteiger partial charge in [0, 0.05) is 5.02 Å². The number of nitrogens with one attached hydrogen (secondary N) is 1. The molecular formula is C15H16ClNO. The summed E-state index contributed by atoms with van der Waals surface area (Å²) in [5, 5.41) is 3.51. The van der Waals surface area contributed by atoms with Crippen LogP contribution in [0.4, 0.5) is 0 Å². The van der Waals surface area contributed by atoms with E-state index >= 15 is 0 Å². The van der Waals surface area contributed by atoms with E-state index in [1.165, 1.54) is 0 Å². The first-order valence-electron chi connectivity index (χ1n) is 6.17. The minimum absolute atomic E-state index is 0.0419. The minimum atomic E-state index is -0.415. The Bertz CT molecular complexity index is 466. The van der Waals surface area contributed by atoms with Crippen LogP contribution in [0, 0.1) is 12.3 Å². The highest BCUT2D eigenvalue weighted by Crippen LogP contribution is 2.41. The maximum absolute atomic E-state index is 12.4. The maximum Gasteiger partial charge on any atom is 0.231 e. The number of rotatable bonds is 3. The zero-order valence-corrected chi connectivity index (χ0v) is 11.0. The topological polar surface area (TPSA) is 29.1 Å². The molecule has 0 heterocycles. The van der Waals surface area contributed by atoms with Crippen molar-refractivity contribution in [3.05, 3.63) is 34.9 Å². The Morgan fingerprint density at radius 2 is 1.94 bits per heavy atom. The van der Waals surface area contributed by atoms with Crippen LogP contribution in [-0.2, 0) is 10.2 Å². The first-order chi connectivity index (χ1) is 8.69. The van der Waals surface area contributed by atoms with E-state index in [1.807, 2.05) is 24.3 Å². The molecule has 3 heteroatoms. The SMILES string of the molecule is C#CCNC(=O)C1(c2ccc(Cl)cc2)CCCC1. The molecule has 1 saturated carbocycles. The van der Waals surface area contributed by atoms with E-state index in [0.29, 0.717) is 5.02 Å². The number of halogens is 1. The number of terminal acetylenes is 1. The zero-order chi connectivity index (χ0) is 13.0. The van der Waals surface area contributed by atoms with Gasteiger partial charge in [-0.3, -0.25) is 4.79 Å². The van der Waals surface area contributed by atoms with Crippen molar-refractivity contribution in [2.75, 3.05) is 6.54 Å². The molecule has 1 aliphatic carbocycles. The van der Waals surface area contributed by atoms with Gasteiger partial charge in [-0.05, 0) is 30.5 Å². The molecule has 0 aromatic heterocycles. The van der Waals surface area contributed by atoms with Crippen LogP contribution in [0.5, 0.6) is 0 Å². The monoisotopic (exact) mass is 261 g/mol. The van der Waals surface area contributed by atoms with Gasteiger partial charge >= 0.3 is 0 Å². The molecule has 18 heavy (non-hydrogen) atoms. The second kappa shape index (κ2) is 5.46. The fourth-order valence-corrected chi connectivity index (χ4v) is 2.82. The van der Waals surface area contributed by atoms with Crippen molar-refractivity contribution in [3.63, 3.8) is 0 Å². The fourth-order valence-electron chi connectivity index (χ4n) is 2.69. The first kappa shape index (κ1) is 13.0. The molecule has 0 saturated heterocycles. The smallest absolute Gasteiger partial charge is 0.231 e. The number of carbonyl (C=O) groups excluding carboxylic acids is 1. The average molecular weight is 262 g/mol. The van der Waals surface area contributed by atoms with Crippen molar-refractivity contribution in [3.8, 4) is 12.3 Å². The van der Waals surface area contributed by atoms with Crippen LogP contribution in [0.15, 0.2) is 24.3 Å². The van der Waals surface area contributed by atoms with Crippen LogP contribution < -0.4 is 5.32 Å². The van der Waals surface area contributed by atoms with Crippen LogP contribution in [-0.4, -0.2) is 12.5 Å². The molecule has 0 bridgehead atoms. The molecule has 2 rings (SSSR count). The second-order valence-corrected chi connectivity index (χ2v) is 5.12. The van der Waals surface area contributed by atoms with Gasteiger partial charge in [0.2, 0.25) is 5.91 Å². The van der Waals surface area contributed by atoms with Gasteiger partial charge in [-0.1, -0.05) is 42.5 Å². The zero-order valence-electron chi connectivity index (χ0n) is 10.2. The molecule has 1 fully saturated rings. The van der Waals surface area contributed by atoms with Crippen LogP contribution in [0.2, 0.25) is 5.02 Å². The molecule has 1 aliphatic rings. The lowest BCUT2D eigenvalue weighted by molar-refractivity contribution is -0.126. The quantitative estimate of drug-likeness (QED) is 0.833. The fraction of sp³-hybridized carbons (Fsp3) is 0.400. The summed E-state index contributed by atoms with van der Waals surface area (Å²) in [5.74, 6) is 2.49. The van der Waals surface area contributed by atoms with E-state index in [1.54, 1.807) is 0 Å². The van der Waals surface area contributed by atoms with E-state index < -0.39 is 5.41 Å². The summed E-state index contributed by atoms with van der Waals surface area (Å²) in [7, 11) is 0. The van der Waals surface area contributed by atoms with Crippen molar-refractivity contribution in [2.24, 2.45) is 0 Å². The third kappa shape index (κ3) is 2.37. The molecule has 0 spiro atoms. The average Bonchev–Trinajstić information content (AvgIpc) is 2.87. The Kier molecular flexibility index (Phi) is 3.93. The lowest BCUT2D eigenvalue weighted by Crippen LogP contribution is -2.42. The predicted octanol–water partition coefficient (Wildman–Crippen LogP) is 2.90. The van der Waals surface area contributed by atoms with Gasteiger partial charge in [0.1, 0.15) is 0 Å². The lowest BCUT2D eigenvalue weighted by Gasteiger charge is -2.28. The lowest BCUT2D eigenvalue weighted by atomic mass is 9.78. The number of carbonyl (C=O) groups is 1. The Labute approximate surface area is 113 Å². The number of hydrogen-bond donors (Lipinski definition) is 1. The molecule has 0 aliphatic heterocycles. The van der Waals surface area contributed by atoms with Gasteiger partial charge in [-0.15, -0.1) is 6.42 Å². The Morgan fingerprint density at radius 3 is 2.50 bits per heavy atom. The van der Waals surface area contributed by atoms with E-state index in [0.717, 1.165) is 31.2 Å². The van der Waals surface area contributed by atoms with Crippen molar-refractivity contribution >= 4 is 17.5 Å². The minimum Gasteiger partial charge on any atom is -0.344 e. The Morgan fingerprint density at radius 1 is 1.33 bits per heavy atom. The summed E-state index contributed by atoms with van der Waals surface area (Å²) < 4.78 is 0. The highest BCUT2D eigenvalue weighted by Gasteiger charge is 2.42. The van der Waals surface area contributed by atoms with Crippen molar-refractivity contribution in [1.29, 1.82) is 0 Å². The van der Waals surface area contributed by atoms with Crippen molar-refractivity contribution in [2.45, 2.75) is 31.1 Å². The molecule has 2 nitrogen and oxygen atoms in total. The molecular weight excluding hydrogens is 246 g/mol. The third-order valence-electron chi connectivity index (χ3n) is 3.64. The largest absolute Gasteiger partial charge is 0.344 e. The highest BCUT2D eigenvalue weighted by atomic mass is 35.5. The van der Waals surface area contributed by atoms with Gasteiger partial charge < -0.3 is 5.32 Å². The van der Waals surface area contributed by atoms with Crippen molar-refractivity contribution < 1.29 is 4.79 Å². The van der Waals surface area contributed by atoms with Gasteiger partial charge in [0.05, 0.1) is 12.0 Å². The molecule has 1 aromatic rings. The van der Waals surface area contributed by atoms with Gasteiger partial charge in [-0.25, -0.2) is 0 Å². The summed E-state index contributed by atoms with van der Waals surface area (Å²) in [5.41, 5.74) is 0.625. The standard InChI is InChI=1S/C15H16ClNO/c1-2-11-17-14(18)15(9-3-4-10-15)12-5-7-13(16)8-6-12/h1,5-8H,3-4,9-11H2,(H,17,18). The van der Waals surface area contributed by atoms with Crippen molar-refractivity contribution in [1.82, 2.24) is 5.32 Å². The molecule has 1 amide bonds. The summed E-state index contributed by atoms with van der Waals surface area (Å²) in [4.78, 5) is 12.4. The van der Waals surface area contributed by atoms with E-state index in [9.17, 15) is 4.79 Å². The molecule has 0 radical (unpaired) electrons. The first-order valence-corrected chi connectivity index (χ1v) is 6.55. The Balaban J connectivity index is 2.29. The Hall–Kier alpha value is -1.46. The van der Waals surface area contributed by atoms with Gasteiger partial charge in [-0.2, -0.15) is 0 Å². The van der Waals surface area contributed by atoms with Crippen LogP contribution in [0.25, 0.3) is 0 Å². The van der Waals surface area contributed by atoms with E-state index in [2.05, 4.69) is 11.2 Å². The summed E-state index contributed by atoms with van der Waals surface area (Å²) in [6, 6.07) is 7.57. The summed E-state index contributed by atoms with van der Waals surface area (Å²) >= 11 is 5.90. The third-order valence-corrected chi connectivity index (χ3v) is 3.89. The van der Waals surface area contributed by atoms with Crippen LogP contribution >= 0.6 is 11.6 Å². The van der Waals surface area contributed by atoms with E-state index in [4.69, 9.17) is 18.0 Å². The molecule has 1 N–H and O–H groups in total. The summed E-state index contributed by atoms with van der Waals surface area (Å²) in [6.45, 7) is 0.286. The molecule has 0 unspecified atom stereocenters. The number of hydrogen-bond acceptors (Lipinski definition) is 1.